The second-order valence-electron chi connectivity index (χ2n) is 5.84. The summed E-state index contributed by atoms with van der Waals surface area (Å²) in [5.74, 6) is 0.792. The van der Waals surface area contributed by atoms with Gasteiger partial charge in [-0.3, -0.25) is 0 Å². The topological polar surface area (TPSA) is 29.3 Å². The molecule has 1 saturated heterocycles. The number of nitrogens with zero attached hydrogens (tertiary/aromatic N) is 1. The average molecular weight is 325 g/mol. The minimum absolute atomic E-state index is 0.266. The fourth-order valence-electron chi connectivity index (χ4n) is 2.84. The molecule has 1 aliphatic heterocycles. The molecular weight excluding hydrogens is 300 g/mol. The van der Waals surface area contributed by atoms with Crippen molar-refractivity contribution in [1.82, 2.24) is 0 Å². The minimum Gasteiger partial charge on any atom is -0.371 e. The molecule has 1 fully saturated rings. The van der Waals surface area contributed by atoms with E-state index in [-0.39, 0.29) is 6.04 Å². The molecule has 3 heteroatoms. The largest absolute Gasteiger partial charge is 0.371 e. The number of benzene rings is 1. The first kappa shape index (κ1) is 14.9. The highest BCUT2D eigenvalue weighted by molar-refractivity contribution is 9.10. The van der Waals surface area contributed by atoms with E-state index >= 15 is 0 Å². The lowest BCUT2D eigenvalue weighted by molar-refractivity contribution is 0.446. The molecule has 0 bridgehead atoms. The molecule has 19 heavy (non-hydrogen) atoms. The molecule has 1 aromatic rings. The van der Waals surface area contributed by atoms with Gasteiger partial charge in [0.05, 0.1) is 0 Å². The smallest absolute Gasteiger partial charge is 0.0410 e. The van der Waals surface area contributed by atoms with Crippen LogP contribution < -0.4 is 10.6 Å². The second kappa shape index (κ2) is 6.76. The van der Waals surface area contributed by atoms with Crippen molar-refractivity contribution in [3.63, 3.8) is 0 Å². The van der Waals surface area contributed by atoms with Gasteiger partial charge in [-0.05, 0) is 49.3 Å². The van der Waals surface area contributed by atoms with E-state index in [1.54, 1.807) is 0 Å². The van der Waals surface area contributed by atoms with E-state index in [1.807, 2.05) is 0 Å². The number of piperidine rings is 1. The summed E-state index contributed by atoms with van der Waals surface area (Å²) in [7, 11) is 0. The Bertz CT molecular complexity index is 419. The molecule has 0 amide bonds. The summed E-state index contributed by atoms with van der Waals surface area (Å²) < 4.78 is 1.16. The van der Waals surface area contributed by atoms with Crippen LogP contribution in [-0.4, -0.2) is 19.1 Å². The predicted octanol–water partition coefficient (Wildman–Crippen LogP) is 3.97. The van der Waals surface area contributed by atoms with Gasteiger partial charge >= 0.3 is 0 Å². The Morgan fingerprint density at radius 3 is 2.95 bits per heavy atom. The van der Waals surface area contributed by atoms with E-state index < -0.39 is 0 Å². The van der Waals surface area contributed by atoms with Gasteiger partial charge in [0.15, 0.2) is 0 Å². The summed E-state index contributed by atoms with van der Waals surface area (Å²) in [4.78, 5) is 2.54. The van der Waals surface area contributed by atoms with Crippen LogP contribution in [0.25, 0.3) is 0 Å². The maximum absolute atomic E-state index is 6.14. The third kappa shape index (κ3) is 3.96. The van der Waals surface area contributed by atoms with Gasteiger partial charge in [0.1, 0.15) is 0 Å². The number of hydrogen-bond donors (Lipinski definition) is 1. The van der Waals surface area contributed by atoms with Gasteiger partial charge in [0.2, 0.25) is 0 Å². The molecule has 0 aliphatic carbocycles. The van der Waals surface area contributed by atoms with Crippen molar-refractivity contribution in [1.29, 1.82) is 0 Å². The summed E-state index contributed by atoms with van der Waals surface area (Å²) in [6, 6.07) is 6.89. The number of nitrogens with two attached hydrogens (primary N) is 1. The molecule has 0 spiro atoms. The van der Waals surface area contributed by atoms with Crippen molar-refractivity contribution in [3.8, 4) is 0 Å². The van der Waals surface area contributed by atoms with Gasteiger partial charge in [-0.15, -0.1) is 0 Å². The lowest BCUT2D eigenvalue weighted by Gasteiger charge is -2.34. The van der Waals surface area contributed by atoms with Crippen molar-refractivity contribution in [3.05, 3.63) is 28.2 Å². The highest BCUT2D eigenvalue weighted by Gasteiger charge is 2.19. The quantitative estimate of drug-likeness (QED) is 0.908. The monoisotopic (exact) mass is 324 g/mol. The first-order valence-corrected chi connectivity index (χ1v) is 8.18. The molecule has 0 saturated carbocycles. The number of rotatable bonds is 4. The maximum Gasteiger partial charge on any atom is 0.0410 e. The van der Waals surface area contributed by atoms with Crippen LogP contribution in [0.2, 0.25) is 0 Å². The van der Waals surface area contributed by atoms with Crippen molar-refractivity contribution < 1.29 is 0 Å². The summed E-state index contributed by atoms with van der Waals surface area (Å²) in [5, 5.41) is 0. The SMILES string of the molecule is CCC(N)Cc1ccc(Br)cc1N1CCCC(C)C1. The molecule has 0 aromatic heterocycles. The van der Waals surface area contributed by atoms with E-state index in [1.165, 1.54) is 37.2 Å². The molecule has 2 rings (SSSR count). The van der Waals surface area contributed by atoms with Crippen LogP contribution in [0, 0.1) is 5.92 Å². The molecule has 2 nitrogen and oxygen atoms in total. The summed E-state index contributed by atoms with van der Waals surface area (Å²) in [5.41, 5.74) is 8.91. The first-order valence-electron chi connectivity index (χ1n) is 7.39. The van der Waals surface area contributed by atoms with Gasteiger partial charge in [-0.2, -0.15) is 0 Å². The molecular formula is C16H25BrN2. The minimum atomic E-state index is 0.266. The molecule has 2 unspecified atom stereocenters. The molecule has 2 atom stereocenters. The first-order chi connectivity index (χ1) is 9.10. The zero-order chi connectivity index (χ0) is 13.8. The van der Waals surface area contributed by atoms with Crippen LogP contribution in [0.3, 0.4) is 0 Å². The van der Waals surface area contributed by atoms with Crippen molar-refractivity contribution in [2.45, 2.75) is 45.6 Å². The van der Waals surface area contributed by atoms with Crippen LogP contribution in [0.1, 0.15) is 38.7 Å². The van der Waals surface area contributed by atoms with E-state index in [0.717, 1.165) is 23.2 Å². The van der Waals surface area contributed by atoms with Gasteiger partial charge in [-0.25, -0.2) is 0 Å². The normalized spacial score (nSPS) is 21.5. The lowest BCUT2D eigenvalue weighted by atomic mass is 9.97. The van der Waals surface area contributed by atoms with Crippen LogP contribution in [0.15, 0.2) is 22.7 Å². The zero-order valence-electron chi connectivity index (χ0n) is 12.0. The van der Waals surface area contributed by atoms with Gasteiger partial charge in [-0.1, -0.05) is 35.8 Å². The summed E-state index contributed by atoms with van der Waals surface area (Å²) in [6.07, 6.45) is 4.66. The molecule has 1 aliphatic rings. The number of anilines is 1. The van der Waals surface area contributed by atoms with Gasteiger partial charge < -0.3 is 10.6 Å². The third-order valence-electron chi connectivity index (χ3n) is 4.05. The van der Waals surface area contributed by atoms with Crippen LogP contribution >= 0.6 is 15.9 Å². The van der Waals surface area contributed by atoms with Gasteiger partial charge in [0, 0.05) is 29.3 Å². The van der Waals surface area contributed by atoms with E-state index in [2.05, 4.69) is 52.9 Å². The Kier molecular flexibility index (Phi) is 5.28. The van der Waals surface area contributed by atoms with E-state index in [4.69, 9.17) is 5.73 Å². The number of halogens is 1. The molecule has 1 heterocycles. The average Bonchev–Trinajstić information content (AvgIpc) is 2.40. The van der Waals surface area contributed by atoms with Crippen LogP contribution in [-0.2, 0) is 6.42 Å². The standard InChI is InChI=1S/C16H25BrN2/c1-3-15(18)9-13-6-7-14(17)10-16(13)19-8-4-5-12(2)11-19/h6-7,10,12,15H,3-5,8-9,11,18H2,1-2H3. The van der Waals surface area contributed by atoms with Crippen molar-refractivity contribution in [2.24, 2.45) is 11.7 Å². The Labute approximate surface area is 125 Å². The highest BCUT2D eigenvalue weighted by Crippen LogP contribution is 2.30. The van der Waals surface area contributed by atoms with Crippen LogP contribution in [0.5, 0.6) is 0 Å². The molecule has 1 aromatic carbocycles. The third-order valence-corrected chi connectivity index (χ3v) is 4.54. The highest BCUT2D eigenvalue weighted by atomic mass is 79.9. The second-order valence-corrected chi connectivity index (χ2v) is 6.75. The maximum atomic E-state index is 6.14. The Hall–Kier alpha value is -0.540. The van der Waals surface area contributed by atoms with E-state index in [0.29, 0.717) is 0 Å². The van der Waals surface area contributed by atoms with Gasteiger partial charge in [0.25, 0.3) is 0 Å². The zero-order valence-corrected chi connectivity index (χ0v) is 13.6. The number of hydrogen-bond acceptors (Lipinski definition) is 2. The lowest BCUT2D eigenvalue weighted by Crippen LogP contribution is -2.35. The summed E-state index contributed by atoms with van der Waals surface area (Å²) in [6.45, 7) is 6.85. The fraction of sp³-hybridized carbons (Fsp3) is 0.625. The molecule has 0 radical (unpaired) electrons. The Morgan fingerprint density at radius 1 is 1.47 bits per heavy atom. The van der Waals surface area contributed by atoms with Crippen molar-refractivity contribution in [2.75, 3.05) is 18.0 Å². The van der Waals surface area contributed by atoms with Crippen LogP contribution in [0.4, 0.5) is 5.69 Å². The fourth-order valence-corrected chi connectivity index (χ4v) is 3.19. The molecule has 106 valence electrons. The summed E-state index contributed by atoms with van der Waals surface area (Å²) >= 11 is 3.60. The Balaban J connectivity index is 2.23. The van der Waals surface area contributed by atoms with Crippen molar-refractivity contribution >= 4 is 21.6 Å². The molecule has 2 N–H and O–H groups in total. The van der Waals surface area contributed by atoms with E-state index in [9.17, 15) is 0 Å². The predicted molar refractivity (Wildman–Crippen MR) is 86.7 cm³/mol. The Morgan fingerprint density at radius 2 is 2.26 bits per heavy atom.